The minimum Gasteiger partial charge on any atom is -0.411 e. The van der Waals surface area contributed by atoms with Crippen molar-refractivity contribution in [2.45, 2.75) is 84.0 Å². The van der Waals surface area contributed by atoms with Gasteiger partial charge in [-0.05, 0) is 30.1 Å². The first-order chi connectivity index (χ1) is 14.4. The monoisotopic (exact) mass is 444 g/mol. The fourth-order valence-corrected chi connectivity index (χ4v) is 5.28. The van der Waals surface area contributed by atoms with E-state index in [0.29, 0.717) is 12.1 Å². The molecular weight excluding hydrogens is 408 g/mol. The Bertz CT molecular complexity index is 1010. The van der Waals surface area contributed by atoms with Crippen LogP contribution in [0.2, 0.25) is 18.1 Å². The zero-order chi connectivity index (χ0) is 23.0. The van der Waals surface area contributed by atoms with Gasteiger partial charge >= 0.3 is 5.69 Å². The van der Waals surface area contributed by atoms with E-state index in [4.69, 9.17) is 9.16 Å². The van der Waals surface area contributed by atoms with Crippen LogP contribution in [-0.4, -0.2) is 30.1 Å². The number of aromatic nitrogens is 2. The van der Waals surface area contributed by atoms with Gasteiger partial charge in [0.25, 0.3) is 5.56 Å². The molecule has 1 unspecified atom stereocenters. The zero-order valence-electron chi connectivity index (χ0n) is 19.8. The van der Waals surface area contributed by atoms with Gasteiger partial charge in [-0.1, -0.05) is 65.0 Å². The topological polar surface area (TPSA) is 73.3 Å². The largest absolute Gasteiger partial charge is 0.411 e. The normalized spacial score (nSPS) is 24.5. The molecule has 1 N–H and O–H groups in total. The minimum absolute atomic E-state index is 0.00803. The van der Waals surface area contributed by atoms with Gasteiger partial charge in [-0.15, -0.1) is 0 Å². The van der Waals surface area contributed by atoms with E-state index in [0.717, 1.165) is 12.0 Å². The predicted octanol–water partition coefficient (Wildman–Crippen LogP) is 4.46. The molecule has 2 aromatic rings. The average Bonchev–Trinajstić information content (AvgIpc) is 2.99. The second-order valence-corrected chi connectivity index (χ2v) is 14.9. The summed E-state index contributed by atoms with van der Waals surface area (Å²) in [5, 5.41) is 0.0418. The maximum Gasteiger partial charge on any atom is 0.328 e. The molecule has 2 heterocycles. The van der Waals surface area contributed by atoms with Crippen molar-refractivity contribution in [3.8, 4) is 0 Å². The van der Waals surface area contributed by atoms with Crippen LogP contribution in [0.3, 0.4) is 0 Å². The Labute approximate surface area is 185 Å². The van der Waals surface area contributed by atoms with Crippen molar-refractivity contribution < 1.29 is 9.16 Å². The molecule has 0 spiro atoms. The number of rotatable bonds is 6. The summed E-state index contributed by atoms with van der Waals surface area (Å²) < 4.78 is 14.7. The Hall–Kier alpha value is -1.96. The van der Waals surface area contributed by atoms with Crippen LogP contribution in [0.4, 0.5) is 0 Å². The van der Waals surface area contributed by atoms with E-state index in [2.05, 4.69) is 52.7 Å². The molecule has 1 aromatic heterocycles. The lowest BCUT2D eigenvalue weighted by molar-refractivity contribution is 0.00955. The van der Waals surface area contributed by atoms with E-state index in [1.807, 2.05) is 30.3 Å². The minimum atomic E-state index is -2.09. The van der Waals surface area contributed by atoms with Gasteiger partial charge < -0.3 is 9.16 Å². The summed E-state index contributed by atoms with van der Waals surface area (Å²) in [5.74, 6) is 0.151. The number of benzene rings is 1. The Morgan fingerprint density at radius 2 is 1.81 bits per heavy atom. The van der Waals surface area contributed by atoms with Crippen molar-refractivity contribution in [3.05, 3.63) is 68.5 Å². The Morgan fingerprint density at radius 1 is 1.16 bits per heavy atom. The molecule has 1 aromatic carbocycles. The quantitative estimate of drug-likeness (QED) is 0.668. The molecule has 3 rings (SSSR count). The lowest BCUT2D eigenvalue weighted by Crippen LogP contribution is -2.47. The first-order valence-electron chi connectivity index (χ1n) is 11.2. The SMILES string of the molecule is CC[C@H]1O[C@@H](c2cn(Cc3ccccc3)c(=O)[nH]c2=O)C(O[Si](C)(C)C(C)(C)C)[C@H]1C. The Kier molecular flexibility index (Phi) is 6.79. The van der Waals surface area contributed by atoms with Gasteiger partial charge in [0.1, 0.15) is 6.10 Å². The van der Waals surface area contributed by atoms with Gasteiger partial charge in [-0.25, -0.2) is 4.79 Å². The smallest absolute Gasteiger partial charge is 0.328 e. The maximum absolute atomic E-state index is 12.8. The second kappa shape index (κ2) is 8.88. The summed E-state index contributed by atoms with van der Waals surface area (Å²) >= 11 is 0. The van der Waals surface area contributed by atoms with E-state index in [1.165, 1.54) is 0 Å². The molecule has 0 aliphatic carbocycles. The zero-order valence-corrected chi connectivity index (χ0v) is 20.8. The second-order valence-electron chi connectivity index (χ2n) is 10.2. The molecule has 1 aliphatic rings. The third-order valence-electron chi connectivity index (χ3n) is 6.90. The van der Waals surface area contributed by atoms with Crippen LogP contribution < -0.4 is 11.2 Å². The van der Waals surface area contributed by atoms with E-state index < -0.39 is 25.7 Å². The van der Waals surface area contributed by atoms with E-state index in [-0.39, 0.29) is 23.2 Å². The van der Waals surface area contributed by atoms with Gasteiger partial charge in [0.15, 0.2) is 8.32 Å². The van der Waals surface area contributed by atoms with Gasteiger partial charge in [-0.3, -0.25) is 14.3 Å². The van der Waals surface area contributed by atoms with Crippen molar-refractivity contribution in [3.63, 3.8) is 0 Å². The standard InChI is InChI=1S/C24H36N2O4Si/c1-8-19-16(2)20(30-31(6,7)24(3,4)5)21(29-19)18-15-26(23(28)25-22(18)27)14-17-12-10-9-11-13-17/h9-13,15-16,19-21H,8,14H2,1-7H3,(H,25,27,28)/t16-,19+,20?,21-/m0/s1. The summed E-state index contributed by atoms with van der Waals surface area (Å²) in [5.41, 5.74) is 0.635. The van der Waals surface area contributed by atoms with Crippen molar-refractivity contribution >= 4 is 8.32 Å². The molecule has 0 bridgehead atoms. The van der Waals surface area contributed by atoms with Crippen molar-refractivity contribution in [2.75, 3.05) is 0 Å². The summed E-state index contributed by atoms with van der Waals surface area (Å²) in [6.07, 6.45) is 1.78. The van der Waals surface area contributed by atoms with Crippen LogP contribution in [-0.2, 0) is 15.7 Å². The number of nitrogens with one attached hydrogen (secondary N) is 1. The van der Waals surface area contributed by atoms with Crippen LogP contribution in [0.15, 0.2) is 46.1 Å². The lowest BCUT2D eigenvalue weighted by atomic mass is 9.95. The molecule has 1 saturated heterocycles. The molecule has 0 amide bonds. The molecule has 0 radical (unpaired) electrons. The third-order valence-corrected chi connectivity index (χ3v) is 11.4. The summed E-state index contributed by atoms with van der Waals surface area (Å²) in [6.45, 7) is 15.7. The number of hydrogen-bond donors (Lipinski definition) is 1. The number of H-pyrrole nitrogens is 1. The van der Waals surface area contributed by atoms with Crippen molar-refractivity contribution in [2.24, 2.45) is 5.92 Å². The number of nitrogens with zero attached hydrogens (tertiary/aromatic N) is 1. The fourth-order valence-electron chi connectivity index (χ4n) is 3.91. The Morgan fingerprint density at radius 3 is 2.39 bits per heavy atom. The van der Waals surface area contributed by atoms with E-state index in [1.54, 1.807) is 10.8 Å². The number of aromatic amines is 1. The average molecular weight is 445 g/mol. The molecule has 1 aliphatic heterocycles. The van der Waals surface area contributed by atoms with Crippen molar-refractivity contribution in [1.82, 2.24) is 9.55 Å². The lowest BCUT2D eigenvalue weighted by Gasteiger charge is -2.40. The predicted molar refractivity (Wildman–Crippen MR) is 126 cm³/mol. The molecule has 7 heteroatoms. The molecule has 170 valence electrons. The van der Waals surface area contributed by atoms with E-state index in [9.17, 15) is 9.59 Å². The van der Waals surface area contributed by atoms with Gasteiger partial charge in [0.05, 0.1) is 24.3 Å². The molecule has 31 heavy (non-hydrogen) atoms. The highest BCUT2D eigenvalue weighted by Crippen LogP contribution is 2.45. The van der Waals surface area contributed by atoms with Crippen LogP contribution in [0.25, 0.3) is 0 Å². The summed E-state index contributed by atoms with van der Waals surface area (Å²) in [4.78, 5) is 27.8. The third kappa shape index (κ3) is 4.94. The molecule has 1 fully saturated rings. The first kappa shape index (κ1) is 23.7. The van der Waals surface area contributed by atoms with Crippen LogP contribution in [0.1, 0.15) is 58.3 Å². The fraction of sp³-hybridized carbons (Fsp3) is 0.583. The van der Waals surface area contributed by atoms with Crippen LogP contribution in [0, 0.1) is 5.92 Å². The molecular formula is C24H36N2O4Si. The molecule has 4 atom stereocenters. The maximum atomic E-state index is 12.8. The van der Waals surface area contributed by atoms with Gasteiger partial charge in [0.2, 0.25) is 0 Å². The number of hydrogen-bond acceptors (Lipinski definition) is 4. The highest BCUT2D eigenvalue weighted by Gasteiger charge is 2.49. The highest BCUT2D eigenvalue weighted by atomic mass is 28.4. The van der Waals surface area contributed by atoms with E-state index >= 15 is 0 Å². The van der Waals surface area contributed by atoms with Gasteiger partial charge in [0, 0.05) is 12.1 Å². The van der Waals surface area contributed by atoms with Gasteiger partial charge in [-0.2, -0.15) is 0 Å². The molecule has 6 nitrogen and oxygen atoms in total. The summed E-state index contributed by atoms with van der Waals surface area (Å²) in [6, 6.07) is 9.73. The highest BCUT2D eigenvalue weighted by molar-refractivity contribution is 6.74. The van der Waals surface area contributed by atoms with Crippen LogP contribution in [0.5, 0.6) is 0 Å². The first-order valence-corrected chi connectivity index (χ1v) is 14.1. The van der Waals surface area contributed by atoms with Crippen molar-refractivity contribution in [1.29, 1.82) is 0 Å². The summed E-state index contributed by atoms with van der Waals surface area (Å²) in [7, 11) is -2.09. The number of ether oxygens (including phenoxy) is 1. The van der Waals surface area contributed by atoms with Crippen LogP contribution >= 0.6 is 0 Å². The Balaban J connectivity index is 2.01. The molecule has 0 saturated carbocycles.